The quantitative estimate of drug-likeness (QED) is 0.785. The Balaban J connectivity index is 2.70. The third kappa shape index (κ3) is 4.48. The molecule has 96 valence electrons. The van der Waals surface area contributed by atoms with Crippen LogP contribution < -0.4 is 11.1 Å². The molecular weight excluding hydrogens is 226 g/mol. The van der Waals surface area contributed by atoms with Gasteiger partial charge in [-0.25, -0.2) is 4.79 Å². The molecule has 0 aromatic heterocycles. The summed E-state index contributed by atoms with van der Waals surface area (Å²) in [4.78, 5) is 13.2. The van der Waals surface area contributed by atoms with E-state index in [0.29, 0.717) is 19.6 Å². The largest absolute Gasteiger partial charge is 0.338 e. The maximum absolute atomic E-state index is 11.6. The molecule has 0 heterocycles. The first-order valence-corrected chi connectivity index (χ1v) is 5.94. The molecule has 0 aliphatic rings. The number of nitrogens with two attached hydrogens (primary N) is 1. The van der Waals surface area contributed by atoms with Gasteiger partial charge in [0.25, 0.3) is 0 Å². The van der Waals surface area contributed by atoms with E-state index in [9.17, 15) is 4.79 Å². The highest BCUT2D eigenvalue weighted by Gasteiger charge is 2.07. The van der Waals surface area contributed by atoms with Crippen molar-refractivity contribution in [1.82, 2.24) is 10.2 Å². The minimum Gasteiger partial charge on any atom is -0.338 e. The molecule has 0 bridgehead atoms. The van der Waals surface area contributed by atoms with Gasteiger partial charge in [-0.2, -0.15) is 0 Å². The molecular formula is C14H19N3O. The lowest BCUT2D eigenvalue weighted by Crippen LogP contribution is -2.36. The van der Waals surface area contributed by atoms with Crippen LogP contribution in [0.5, 0.6) is 0 Å². The van der Waals surface area contributed by atoms with Gasteiger partial charge in [-0.05, 0) is 24.6 Å². The van der Waals surface area contributed by atoms with E-state index in [-0.39, 0.29) is 6.03 Å². The molecule has 0 saturated heterocycles. The molecule has 3 N–H and O–H groups in total. The molecule has 2 amide bonds. The van der Waals surface area contributed by atoms with Crippen LogP contribution in [0.1, 0.15) is 18.1 Å². The summed E-state index contributed by atoms with van der Waals surface area (Å²) < 4.78 is 0. The molecule has 0 aliphatic carbocycles. The predicted octanol–water partition coefficient (Wildman–Crippen LogP) is 1.16. The number of benzene rings is 1. The average molecular weight is 245 g/mol. The summed E-state index contributed by atoms with van der Waals surface area (Å²) in [5.74, 6) is 5.79. The number of hydrogen-bond acceptors (Lipinski definition) is 2. The number of carbonyl (C=O) groups is 1. The van der Waals surface area contributed by atoms with E-state index in [2.05, 4.69) is 17.2 Å². The monoisotopic (exact) mass is 245 g/mol. The van der Waals surface area contributed by atoms with Crippen LogP contribution in [0, 0.1) is 11.8 Å². The Morgan fingerprint density at radius 2 is 2.28 bits per heavy atom. The summed E-state index contributed by atoms with van der Waals surface area (Å²) in [5.41, 5.74) is 7.30. The number of nitrogens with one attached hydrogen (secondary N) is 1. The summed E-state index contributed by atoms with van der Waals surface area (Å²) in [6.07, 6.45) is 0. The van der Waals surface area contributed by atoms with Gasteiger partial charge in [0.05, 0.1) is 6.54 Å². The lowest BCUT2D eigenvalue weighted by molar-refractivity contribution is 0.207. The fourth-order valence-corrected chi connectivity index (χ4v) is 1.53. The Morgan fingerprint density at radius 1 is 1.50 bits per heavy atom. The summed E-state index contributed by atoms with van der Waals surface area (Å²) >= 11 is 0. The maximum atomic E-state index is 11.6. The van der Waals surface area contributed by atoms with Gasteiger partial charge in [-0.15, -0.1) is 0 Å². The maximum Gasteiger partial charge on any atom is 0.317 e. The van der Waals surface area contributed by atoms with Gasteiger partial charge < -0.3 is 16.0 Å². The van der Waals surface area contributed by atoms with E-state index in [0.717, 1.165) is 11.1 Å². The minimum atomic E-state index is -0.0732. The molecule has 0 spiro atoms. The average Bonchev–Trinajstić information content (AvgIpc) is 2.37. The van der Waals surface area contributed by atoms with Gasteiger partial charge >= 0.3 is 6.03 Å². The van der Waals surface area contributed by atoms with E-state index in [4.69, 9.17) is 5.73 Å². The summed E-state index contributed by atoms with van der Waals surface area (Å²) in [6, 6.07) is 7.73. The van der Waals surface area contributed by atoms with E-state index >= 15 is 0 Å². The van der Waals surface area contributed by atoms with Crippen molar-refractivity contribution in [2.24, 2.45) is 5.73 Å². The smallest absolute Gasteiger partial charge is 0.317 e. The SMILES string of the molecule is CCNC(=O)N(C)Cc1cccc(C#CCN)c1. The summed E-state index contributed by atoms with van der Waals surface area (Å²) in [7, 11) is 1.77. The molecule has 0 aliphatic heterocycles. The number of carbonyl (C=O) groups excluding carboxylic acids is 1. The van der Waals surface area contributed by atoms with Crippen molar-refractivity contribution in [1.29, 1.82) is 0 Å². The predicted molar refractivity (Wildman–Crippen MR) is 72.9 cm³/mol. The molecule has 0 fully saturated rings. The summed E-state index contributed by atoms with van der Waals surface area (Å²) in [5, 5.41) is 2.76. The zero-order valence-electron chi connectivity index (χ0n) is 10.9. The summed E-state index contributed by atoms with van der Waals surface area (Å²) in [6.45, 7) is 3.44. The van der Waals surface area contributed by atoms with Crippen LogP contribution in [-0.2, 0) is 6.54 Å². The van der Waals surface area contributed by atoms with Crippen molar-refractivity contribution < 1.29 is 4.79 Å². The van der Waals surface area contributed by atoms with E-state index < -0.39 is 0 Å². The fourth-order valence-electron chi connectivity index (χ4n) is 1.53. The van der Waals surface area contributed by atoms with Crippen molar-refractivity contribution in [3.63, 3.8) is 0 Å². The van der Waals surface area contributed by atoms with Gasteiger partial charge in [0.1, 0.15) is 0 Å². The van der Waals surface area contributed by atoms with Crippen molar-refractivity contribution in [3.8, 4) is 11.8 Å². The highest BCUT2D eigenvalue weighted by molar-refractivity contribution is 5.73. The lowest BCUT2D eigenvalue weighted by Gasteiger charge is -2.17. The van der Waals surface area contributed by atoms with E-state index in [1.807, 2.05) is 31.2 Å². The van der Waals surface area contributed by atoms with E-state index in [1.165, 1.54) is 0 Å². The first kappa shape index (κ1) is 14.1. The molecule has 0 atom stereocenters. The first-order chi connectivity index (χ1) is 8.67. The number of nitrogens with zero attached hydrogens (tertiary/aromatic N) is 1. The molecule has 18 heavy (non-hydrogen) atoms. The van der Waals surface area contributed by atoms with Crippen molar-refractivity contribution in [2.75, 3.05) is 20.1 Å². The lowest BCUT2D eigenvalue weighted by atomic mass is 10.1. The Hall–Kier alpha value is -1.99. The van der Waals surface area contributed by atoms with Gasteiger partial charge in [0.2, 0.25) is 0 Å². The standard InChI is InChI=1S/C14H19N3O/c1-3-16-14(18)17(2)11-13-7-4-6-12(10-13)8-5-9-15/h4,6-7,10H,3,9,11,15H2,1-2H3,(H,16,18). The Bertz CT molecular complexity index is 460. The molecule has 4 heteroatoms. The number of amides is 2. The zero-order valence-corrected chi connectivity index (χ0v) is 10.9. The highest BCUT2D eigenvalue weighted by atomic mass is 16.2. The van der Waals surface area contributed by atoms with Crippen LogP contribution >= 0.6 is 0 Å². The second-order valence-corrected chi connectivity index (χ2v) is 3.90. The van der Waals surface area contributed by atoms with Gasteiger partial charge in [-0.1, -0.05) is 24.0 Å². The number of urea groups is 1. The van der Waals surface area contributed by atoms with Crippen LogP contribution in [0.4, 0.5) is 4.79 Å². The highest BCUT2D eigenvalue weighted by Crippen LogP contribution is 2.06. The zero-order chi connectivity index (χ0) is 13.4. The second kappa shape index (κ2) is 7.36. The minimum absolute atomic E-state index is 0.0732. The molecule has 0 radical (unpaired) electrons. The van der Waals surface area contributed by atoms with Crippen molar-refractivity contribution >= 4 is 6.03 Å². The third-order valence-electron chi connectivity index (χ3n) is 2.36. The Labute approximate surface area is 108 Å². The molecule has 0 saturated carbocycles. The van der Waals surface area contributed by atoms with Crippen LogP contribution in [0.15, 0.2) is 24.3 Å². The number of rotatable bonds is 3. The Morgan fingerprint density at radius 3 is 2.94 bits per heavy atom. The van der Waals surface area contributed by atoms with Crippen LogP contribution in [0.25, 0.3) is 0 Å². The topological polar surface area (TPSA) is 58.4 Å². The second-order valence-electron chi connectivity index (χ2n) is 3.90. The molecule has 4 nitrogen and oxygen atoms in total. The normalized spacial score (nSPS) is 9.28. The molecule has 1 aromatic carbocycles. The van der Waals surface area contributed by atoms with Crippen LogP contribution in [0.2, 0.25) is 0 Å². The third-order valence-corrected chi connectivity index (χ3v) is 2.36. The van der Waals surface area contributed by atoms with Gasteiger partial charge in [0, 0.05) is 25.7 Å². The van der Waals surface area contributed by atoms with Crippen molar-refractivity contribution in [3.05, 3.63) is 35.4 Å². The molecule has 1 aromatic rings. The van der Waals surface area contributed by atoms with Crippen LogP contribution in [-0.4, -0.2) is 31.1 Å². The van der Waals surface area contributed by atoms with E-state index in [1.54, 1.807) is 11.9 Å². The van der Waals surface area contributed by atoms with Crippen LogP contribution in [0.3, 0.4) is 0 Å². The molecule has 0 unspecified atom stereocenters. The number of hydrogen-bond donors (Lipinski definition) is 2. The Kier molecular flexibility index (Phi) is 5.75. The van der Waals surface area contributed by atoms with Gasteiger partial charge in [0.15, 0.2) is 0 Å². The van der Waals surface area contributed by atoms with Gasteiger partial charge in [-0.3, -0.25) is 0 Å². The first-order valence-electron chi connectivity index (χ1n) is 5.94. The van der Waals surface area contributed by atoms with Crippen molar-refractivity contribution in [2.45, 2.75) is 13.5 Å². The molecule has 1 rings (SSSR count). The fraction of sp³-hybridized carbons (Fsp3) is 0.357.